The molecule has 0 radical (unpaired) electrons. The maximum Gasteiger partial charge on any atom is 0.490 e. The summed E-state index contributed by atoms with van der Waals surface area (Å²) < 4.78 is 31.7. The highest BCUT2D eigenvalue weighted by Crippen LogP contribution is 2.47. The molecule has 1 saturated heterocycles. The molecule has 3 N–H and O–H groups in total. The van der Waals surface area contributed by atoms with E-state index in [9.17, 15) is 18.0 Å². The first-order chi connectivity index (χ1) is 10.5. The Kier molecular flexibility index (Phi) is 5.99. The molecule has 0 bridgehead atoms. The molecule has 1 amide bonds. The minimum absolute atomic E-state index is 0.0223. The van der Waals surface area contributed by atoms with Gasteiger partial charge in [-0.05, 0) is 24.7 Å². The topological polar surface area (TPSA) is 107 Å². The Morgan fingerprint density at radius 3 is 2.35 bits per heavy atom. The number of aliphatic carboxylic acids is 1. The fraction of sp³-hybridized carbons (Fsp3) is 0.786. The number of nitrogens with zero attached hydrogens (tertiary/aromatic N) is 2. The molecular weight excluding hydrogens is 315 g/mol. The summed E-state index contributed by atoms with van der Waals surface area (Å²) in [4.78, 5) is 22.8. The number of alkyl halides is 3. The third kappa shape index (κ3) is 4.58. The van der Waals surface area contributed by atoms with Gasteiger partial charge < -0.3 is 15.7 Å². The molecule has 23 heavy (non-hydrogen) atoms. The number of hydrogen-bond donors (Lipinski definition) is 2. The van der Waals surface area contributed by atoms with Gasteiger partial charge in [0, 0.05) is 6.04 Å². The Morgan fingerprint density at radius 1 is 1.43 bits per heavy atom. The lowest BCUT2D eigenvalue weighted by molar-refractivity contribution is -0.192. The van der Waals surface area contributed by atoms with Crippen LogP contribution in [0.3, 0.4) is 0 Å². The van der Waals surface area contributed by atoms with Crippen LogP contribution in [0.15, 0.2) is 0 Å². The molecule has 2 aliphatic rings. The zero-order chi connectivity index (χ0) is 17.9. The molecule has 2 unspecified atom stereocenters. The molecule has 130 valence electrons. The van der Waals surface area contributed by atoms with Gasteiger partial charge in [-0.15, -0.1) is 0 Å². The zero-order valence-electron chi connectivity index (χ0n) is 12.9. The quantitative estimate of drug-likeness (QED) is 0.813. The lowest BCUT2D eigenvalue weighted by Crippen LogP contribution is -2.49. The first-order valence-electron chi connectivity index (χ1n) is 7.32. The summed E-state index contributed by atoms with van der Waals surface area (Å²) in [7, 11) is 0. The summed E-state index contributed by atoms with van der Waals surface area (Å²) in [5.74, 6) is -2.03. The predicted molar refractivity (Wildman–Crippen MR) is 73.9 cm³/mol. The largest absolute Gasteiger partial charge is 0.490 e. The number of halogens is 3. The van der Waals surface area contributed by atoms with Crippen LogP contribution in [0.5, 0.6) is 0 Å². The number of carbonyl (C=O) groups is 2. The second-order valence-corrected chi connectivity index (χ2v) is 5.90. The van der Waals surface area contributed by atoms with E-state index in [0.29, 0.717) is 12.0 Å². The maximum atomic E-state index is 12.2. The number of carboxylic acid groups (broad SMARTS) is 1. The third-order valence-electron chi connectivity index (χ3n) is 4.29. The van der Waals surface area contributed by atoms with Crippen LogP contribution in [0.2, 0.25) is 0 Å². The Bertz CT molecular complexity index is 504. The number of likely N-dealkylation sites (tertiary alicyclic amines) is 1. The summed E-state index contributed by atoms with van der Waals surface area (Å²) in [5.41, 5.74) is 5.95. The van der Waals surface area contributed by atoms with Crippen LogP contribution < -0.4 is 5.73 Å². The van der Waals surface area contributed by atoms with Gasteiger partial charge >= 0.3 is 12.1 Å². The Balaban J connectivity index is 0.000000322. The molecule has 9 heteroatoms. The SMILES string of the molecule is CCC(C)[C@H](N)C(=O)N1C(C#N)C[C@H]2C[C@H]21.O=C(O)C(F)(F)F. The summed E-state index contributed by atoms with van der Waals surface area (Å²) in [6, 6.07) is 1.85. The summed E-state index contributed by atoms with van der Waals surface area (Å²) in [6.07, 6.45) is -2.27. The van der Waals surface area contributed by atoms with E-state index in [1.54, 1.807) is 4.90 Å². The minimum Gasteiger partial charge on any atom is -0.475 e. The van der Waals surface area contributed by atoms with E-state index in [2.05, 4.69) is 6.07 Å². The van der Waals surface area contributed by atoms with Crippen molar-refractivity contribution in [1.29, 1.82) is 5.26 Å². The molecule has 1 heterocycles. The molecule has 0 aromatic rings. The van der Waals surface area contributed by atoms with Crippen LogP contribution in [0, 0.1) is 23.2 Å². The minimum atomic E-state index is -5.08. The average molecular weight is 335 g/mol. The van der Waals surface area contributed by atoms with Crippen LogP contribution in [-0.4, -0.2) is 46.2 Å². The van der Waals surface area contributed by atoms with Crippen molar-refractivity contribution in [1.82, 2.24) is 4.90 Å². The lowest BCUT2D eigenvalue weighted by Gasteiger charge is -2.28. The number of carboxylic acids is 1. The summed E-state index contributed by atoms with van der Waals surface area (Å²) >= 11 is 0. The molecule has 1 aliphatic heterocycles. The van der Waals surface area contributed by atoms with Gasteiger partial charge in [-0.1, -0.05) is 20.3 Å². The summed E-state index contributed by atoms with van der Waals surface area (Å²) in [6.45, 7) is 4.02. The molecule has 0 spiro atoms. The first-order valence-corrected chi connectivity index (χ1v) is 7.32. The monoisotopic (exact) mass is 335 g/mol. The van der Waals surface area contributed by atoms with Crippen LogP contribution in [0.25, 0.3) is 0 Å². The Morgan fingerprint density at radius 2 is 1.96 bits per heavy atom. The smallest absolute Gasteiger partial charge is 0.475 e. The van der Waals surface area contributed by atoms with E-state index in [0.717, 1.165) is 19.3 Å². The molecule has 0 aromatic heterocycles. The zero-order valence-corrected chi connectivity index (χ0v) is 12.9. The van der Waals surface area contributed by atoms with Gasteiger partial charge in [-0.25, -0.2) is 4.79 Å². The number of nitriles is 1. The van der Waals surface area contributed by atoms with Gasteiger partial charge in [-0.2, -0.15) is 18.4 Å². The van der Waals surface area contributed by atoms with E-state index in [-0.39, 0.29) is 17.9 Å². The van der Waals surface area contributed by atoms with Gasteiger partial charge in [0.05, 0.1) is 12.1 Å². The van der Waals surface area contributed by atoms with Crippen molar-refractivity contribution in [2.24, 2.45) is 17.6 Å². The van der Waals surface area contributed by atoms with Crippen molar-refractivity contribution < 1.29 is 27.9 Å². The molecule has 0 aromatic carbocycles. The highest BCUT2D eigenvalue weighted by atomic mass is 19.4. The average Bonchev–Trinajstić information content (AvgIpc) is 3.15. The van der Waals surface area contributed by atoms with Crippen molar-refractivity contribution in [3.05, 3.63) is 0 Å². The predicted octanol–water partition coefficient (Wildman–Crippen LogP) is 1.51. The van der Waals surface area contributed by atoms with Gasteiger partial charge in [0.1, 0.15) is 6.04 Å². The lowest BCUT2D eigenvalue weighted by atomic mass is 9.98. The fourth-order valence-corrected chi connectivity index (χ4v) is 2.56. The van der Waals surface area contributed by atoms with Crippen LogP contribution in [0.1, 0.15) is 33.1 Å². The van der Waals surface area contributed by atoms with E-state index in [1.807, 2.05) is 13.8 Å². The number of carbonyl (C=O) groups excluding carboxylic acids is 1. The van der Waals surface area contributed by atoms with Crippen molar-refractivity contribution in [3.63, 3.8) is 0 Å². The van der Waals surface area contributed by atoms with Crippen molar-refractivity contribution in [3.8, 4) is 6.07 Å². The van der Waals surface area contributed by atoms with E-state index < -0.39 is 18.2 Å². The maximum absolute atomic E-state index is 12.2. The van der Waals surface area contributed by atoms with Gasteiger partial charge in [0.15, 0.2) is 0 Å². The third-order valence-corrected chi connectivity index (χ3v) is 4.29. The number of piperidine rings is 1. The van der Waals surface area contributed by atoms with E-state index in [4.69, 9.17) is 20.9 Å². The number of hydrogen-bond acceptors (Lipinski definition) is 4. The highest BCUT2D eigenvalue weighted by molar-refractivity contribution is 5.83. The second-order valence-electron chi connectivity index (χ2n) is 5.90. The second kappa shape index (κ2) is 7.17. The number of nitrogens with two attached hydrogens (primary N) is 1. The molecule has 6 nitrogen and oxygen atoms in total. The van der Waals surface area contributed by atoms with E-state index >= 15 is 0 Å². The fourth-order valence-electron chi connectivity index (χ4n) is 2.56. The standard InChI is InChI=1S/C12H19N3O.C2HF3O2/c1-3-7(2)11(14)12(16)15-9(6-13)4-8-5-10(8)15;3-2(4,5)1(6)7/h7-11H,3-5,14H2,1-2H3;(H,6,7)/t7?,8-,9?,10+,11-;/m0./s1. The van der Waals surface area contributed by atoms with E-state index in [1.165, 1.54) is 0 Å². The Hall–Kier alpha value is -1.82. The number of amides is 1. The van der Waals surface area contributed by atoms with Gasteiger partial charge in [0.25, 0.3) is 0 Å². The molecular formula is C14H20F3N3O3. The molecule has 5 atom stereocenters. The molecule has 1 saturated carbocycles. The normalized spacial score (nSPS) is 27.9. The first kappa shape index (κ1) is 19.2. The molecule has 2 rings (SSSR count). The van der Waals surface area contributed by atoms with Crippen LogP contribution >= 0.6 is 0 Å². The molecule has 1 aliphatic carbocycles. The Labute approximate surface area is 132 Å². The highest BCUT2D eigenvalue weighted by Gasteiger charge is 2.54. The van der Waals surface area contributed by atoms with Crippen molar-refractivity contribution in [2.75, 3.05) is 0 Å². The summed E-state index contributed by atoms with van der Waals surface area (Å²) in [5, 5.41) is 16.1. The number of fused-ring (bicyclic) bond motifs is 1. The van der Waals surface area contributed by atoms with Crippen molar-refractivity contribution in [2.45, 2.75) is 57.4 Å². The molecule has 2 fully saturated rings. The van der Waals surface area contributed by atoms with Crippen LogP contribution in [-0.2, 0) is 9.59 Å². The van der Waals surface area contributed by atoms with Gasteiger partial charge in [-0.3, -0.25) is 4.79 Å². The number of rotatable bonds is 3. The van der Waals surface area contributed by atoms with Crippen LogP contribution in [0.4, 0.5) is 13.2 Å². The van der Waals surface area contributed by atoms with Gasteiger partial charge in [0.2, 0.25) is 5.91 Å². The van der Waals surface area contributed by atoms with Crippen molar-refractivity contribution >= 4 is 11.9 Å².